The minimum atomic E-state index is 0. The summed E-state index contributed by atoms with van der Waals surface area (Å²) in [6.45, 7) is 3.89. The summed E-state index contributed by atoms with van der Waals surface area (Å²) in [5.41, 5.74) is 1.09. The third-order valence-corrected chi connectivity index (χ3v) is 3.13. The molecule has 0 radical (unpaired) electrons. The smallest absolute Gasteiger partial charge is 0.0541 e. The number of hydrogen-bond donors (Lipinski definition) is 1. The maximum atomic E-state index is 4.26. The lowest BCUT2D eigenvalue weighted by atomic mass is 10.3. The van der Waals surface area contributed by atoms with E-state index < -0.39 is 0 Å². The van der Waals surface area contributed by atoms with Crippen molar-refractivity contribution in [2.45, 2.75) is 20.0 Å². The average molecular weight is 291 g/mol. The van der Waals surface area contributed by atoms with Gasteiger partial charge in [0.05, 0.1) is 5.69 Å². The van der Waals surface area contributed by atoms with E-state index in [0.717, 1.165) is 18.8 Å². The lowest BCUT2D eigenvalue weighted by Gasteiger charge is -2.01. The molecule has 0 spiro atoms. The standard InChI is InChI=1S/C12H14N2S.2ClH/c1-10-5-6-12(15-10)9-13-8-11-4-2-3-7-14-11;;/h2-7,13H,8-9H2,1H3;2*1H. The number of pyridine rings is 1. The third-order valence-electron chi connectivity index (χ3n) is 2.13. The lowest BCUT2D eigenvalue weighted by molar-refractivity contribution is 0.686. The van der Waals surface area contributed by atoms with Crippen LogP contribution in [0.15, 0.2) is 36.5 Å². The molecular weight excluding hydrogens is 275 g/mol. The van der Waals surface area contributed by atoms with E-state index in [9.17, 15) is 0 Å². The van der Waals surface area contributed by atoms with Gasteiger partial charge in [-0.1, -0.05) is 6.07 Å². The van der Waals surface area contributed by atoms with Gasteiger partial charge in [-0.25, -0.2) is 0 Å². The van der Waals surface area contributed by atoms with Gasteiger partial charge in [0.15, 0.2) is 0 Å². The van der Waals surface area contributed by atoms with Gasteiger partial charge in [-0.3, -0.25) is 4.98 Å². The largest absolute Gasteiger partial charge is 0.306 e. The molecule has 0 aliphatic heterocycles. The Morgan fingerprint density at radius 3 is 2.53 bits per heavy atom. The molecule has 2 heterocycles. The van der Waals surface area contributed by atoms with Crippen LogP contribution in [0.1, 0.15) is 15.4 Å². The second-order valence-corrected chi connectivity index (χ2v) is 4.81. The summed E-state index contributed by atoms with van der Waals surface area (Å²) in [6, 6.07) is 10.3. The summed E-state index contributed by atoms with van der Waals surface area (Å²) in [6.07, 6.45) is 1.83. The van der Waals surface area contributed by atoms with Gasteiger partial charge in [0.25, 0.3) is 0 Å². The Morgan fingerprint density at radius 1 is 1.12 bits per heavy atom. The second-order valence-electron chi connectivity index (χ2n) is 3.44. The molecule has 0 amide bonds. The van der Waals surface area contributed by atoms with Crippen LogP contribution in [0.3, 0.4) is 0 Å². The number of halogens is 2. The van der Waals surface area contributed by atoms with Crippen LogP contribution in [0.5, 0.6) is 0 Å². The molecule has 2 aromatic rings. The van der Waals surface area contributed by atoms with Gasteiger partial charge in [0.2, 0.25) is 0 Å². The topological polar surface area (TPSA) is 24.9 Å². The Bertz CT molecular complexity index is 417. The number of hydrogen-bond acceptors (Lipinski definition) is 3. The molecule has 0 unspecified atom stereocenters. The van der Waals surface area contributed by atoms with E-state index in [0.29, 0.717) is 0 Å². The molecule has 17 heavy (non-hydrogen) atoms. The fourth-order valence-corrected chi connectivity index (χ4v) is 2.26. The Kier molecular flexibility index (Phi) is 8.17. The van der Waals surface area contributed by atoms with E-state index in [-0.39, 0.29) is 24.8 Å². The highest BCUT2D eigenvalue weighted by Gasteiger charge is 1.96. The number of nitrogens with zero attached hydrogens (tertiary/aromatic N) is 1. The van der Waals surface area contributed by atoms with E-state index in [1.54, 1.807) is 0 Å². The van der Waals surface area contributed by atoms with Crippen LogP contribution in [0.25, 0.3) is 0 Å². The van der Waals surface area contributed by atoms with E-state index in [2.05, 4.69) is 29.4 Å². The molecule has 0 aliphatic carbocycles. The van der Waals surface area contributed by atoms with Crippen molar-refractivity contribution in [3.63, 3.8) is 0 Å². The van der Waals surface area contributed by atoms with E-state index in [1.165, 1.54) is 9.75 Å². The SMILES string of the molecule is Cc1ccc(CNCc2ccccn2)s1.Cl.Cl. The zero-order valence-corrected chi connectivity index (χ0v) is 12.0. The Hall–Kier alpha value is -0.610. The van der Waals surface area contributed by atoms with E-state index >= 15 is 0 Å². The van der Waals surface area contributed by atoms with Crippen molar-refractivity contribution in [1.82, 2.24) is 10.3 Å². The summed E-state index contributed by atoms with van der Waals surface area (Å²) >= 11 is 1.84. The Balaban J connectivity index is 0.00000128. The van der Waals surface area contributed by atoms with Crippen molar-refractivity contribution < 1.29 is 0 Å². The number of rotatable bonds is 4. The van der Waals surface area contributed by atoms with Crippen LogP contribution in [0.2, 0.25) is 0 Å². The molecule has 0 bridgehead atoms. The van der Waals surface area contributed by atoms with Crippen LogP contribution < -0.4 is 5.32 Å². The minimum Gasteiger partial charge on any atom is -0.306 e. The van der Waals surface area contributed by atoms with Crippen molar-refractivity contribution in [3.05, 3.63) is 52.0 Å². The molecule has 1 N–H and O–H groups in total. The van der Waals surface area contributed by atoms with Gasteiger partial charge in [0.1, 0.15) is 0 Å². The van der Waals surface area contributed by atoms with Crippen molar-refractivity contribution >= 4 is 36.2 Å². The zero-order chi connectivity index (χ0) is 10.5. The first kappa shape index (κ1) is 16.4. The van der Waals surface area contributed by atoms with Crippen molar-refractivity contribution in [2.24, 2.45) is 0 Å². The predicted molar refractivity (Wildman–Crippen MR) is 78.3 cm³/mol. The molecule has 0 saturated heterocycles. The van der Waals surface area contributed by atoms with Crippen LogP contribution >= 0.6 is 36.2 Å². The minimum absolute atomic E-state index is 0. The summed E-state index contributed by atoms with van der Waals surface area (Å²) in [5.74, 6) is 0. The highest BCUT2D eigenvalue weighted by molar-refractivity contribution is 7.11. The maximum Gasteiger partial charge on any atom is 0.0541 e. The van der Waals surface area contributed by atoms with Gasteiger partial charge < -0.3 is 5.32 Å². The zero-order valence-electron chi connectivity index (χ0n) is 9.55. The number of aromatic nitrogens is 1. The molecule has 2 aromatic heterocycles. The monoisotopic (exact) mass is 290 g/mol. The maximum absolute atomic E-state index is 4.26. The van der Waals surface area contributed by atoms with Crippen LogP contribution in [-0.4, -0.2) is 4.98 Å². The lowest BCUT2D eigenvalue weighted by Crippen LogP contribution is -2.12. The fraction of sp³-hybridized carbons (Fsp3) is 0.250. The molecule has 94 valence electrons. The molecule has 0 atom stereocenters. The van der Waals surface area contributed by atoms with E-state index in [1.807, 2.05) is 35.7 Å². The first-order chi connectivity index (χ1) is 7.34. The molecule has 0 aliphatic rings. The molecular formula is C12H16Cl2N2S. The van der Waals surface area contributed by atoms with Gasteiger partial charge in [-0.2, -0.15) is 0 Å². The van der Waals surface area contributed by atoms with Crippen molar-refractivity contribution in [2.75, 3.05) is 0 Å². The first-order valence-corrected chi connectivity index (χ1v) is 5.82. The van der Waals surface area contributed by atoms with Crippen molar-refractivity contribution in [3.8, 4) is 0 Å². The number of nitrogens with one attached hydrogen (secondary N) is 1. The predicted octanol–water partition coefficient (Wildman–Crippen LogP) is 3.58. The molecule has 5 heteroatoms. The first-order valence-electron chi connectivity index (χ1n) is 5.00. The number of thiophene rings is 1. The Labute approximate surface area is 118 Å². The van der Waals surface area contributed by atoms with Crippen molar-refractivity contribution in [1.29, 1.82) is 0 Å². The number of aryl methyl sites for hydroxylation is 1. The molecule has 2 rings (SSSR count). The second kappa shape index (κ2) is 8.48. The summed E-state index contributed by atoms with van der Waals surface area (Å²) in [7, 11) is 0. The summed E-state index contributed by atoms with van der Waals surface area (Å²) < 4.78 is 0. The normalized spacial score (nSPS) is 9.24. The molecule has 0 saturated carbocycles. The van der Waals surface area contributed by atoms with Crippen LogP contribution in [-0.2, 0) is 13.1 Å². The highest BCUT2D eigenvalue weighted by Crippen LogP contribution is 2.14. The molecule has 0 fully saturated rings. The Morgan fingerprint density at radius 2 is 1.94 bits per heavy atom. The van der Waals surface area contributed by atoms with Gasteiger partial charge in [-0.05, 0) is 31.2 Å². The molecule has 0 aromatic carbocycles. The third kappa shape index (κ3) is 5.50. The van der Waals surface area contributed by atoms with Gasteiger partial charge >= 0.3 is 0 Å². The summed E-state index contributed by atoms with van der Waals surface area (Å²) in [4.78, 5) is 7.00. The van der Waals surface area contributed by atoms with Gasteiger partial charge in [-0.15, -0.1) is 36.2 Å². The quantitative estimate of drug-likeness (QED) is 0.931. The molecule has 2 nitrogen and oxygen atoms in total. The van der Waals surface area contributed by atoms with Gasteiger partial charge in [0, 0.05) is 29.0 Å². The van der Waals surface area contributed by atoms with E-state index in [4.69, 9.17) is 0 Å². The highest BCUT2D eigenvalue weighted by atomic mass is 35.5. The fourth-order valence-electron chi connectivity index (χ4n) is 1.40. The average Bonchev–Trinajstić information content (AvgIpc) is 2.66. The van der Waals surface area contributed by atoms with Crippen LogP contribution in [0, 0.1) is 6.92 Å². The summed E-state index contributed by atoms with van der Waals surface area (Å²) in [5, 5.41) is 3.38. The van der Waals surface area contributed by atoms with Crippen LogP contribution in [0.4, 0.5) is 0 Å².